The summed E-state index contributed by atoms with van der Waals surface area (Å²) in [6.45, 7) is -0.233. The maximum absolute atomic E-state index is 14.4. The van der Waals surface area contributed by atoms with Crippen molar-refractivity contribution in [2.24, 2.45) is 5.73 Å². The molecule has 0 amide bonds. The van der Waals surface area contributed by atoms with E-state index in [1.807, 2.05) is 0 Å². The van der Waals surface area contributed by atoms with Crippen molar-refractivity contribution >= 4 is 38.9 Å². The lowest BCUT2D eigenvalue weighted by atomic mass is 9.82. The standard InChI is InChI=1S/C17H21BrF2N2O3S/c1-24-15(23)13-12-10(14(18)26-13)6-17(19,20)8-22(12)7-11(21)16-4-2-9(25-16)3-5-16/h9,11H,2-8,21H2,1H3. The van der Waals surface area contributed by atoms with Gasteiger partial charge in [0, 0.05) is 18.5 Å². The molecule has 4 heterocycles. The highest BCUT2D eigenvalue weighted by molar-refractivity contribution is 9.11. The Balaban J connectivity index is 1.67. The van der Waals surface area contributed by atoms with Crippen molar-refractivity contribution in [3.63, 3.8) is 0 Å². The van der Waals surface area contributed by atoms with E-state index in [2.05, 4.69) is 15.9 Å². The molecule has 1 unspecified atom stereocenters. The lowest BCUT2D eigenvalue weighted by Gasteiger charge is -2.40. The van der Waals surface area contributed by atoms with Crippen molar-refractivity contribution in [1.29, 1.82) is 0 Å². The molecule has 26 heavy (non-hydrogen) atoms. The van der Waals surface area contributed by atoms with E-state index in [0.717, 1.165) is 37.0 Å². The number of thiophene rings is 1. The zero-order chi connectivity index (χ0) is 18.7. The summed E-state index contributed by atoms with van der Waals surface area (Å²) in [7, 11) is 1.29. The molecule has 0 aliphatic carbocycles. The first-order chi connectivity index (χ1) is 12.2. The van der Waals surface area contributed by atoms with Crippen molar-refractivity contribution in [3.8, 4) is 0 Å². The SMILES string of the molecule is COC(=O)c1sc(Br)c2c1N(CC(N)C13CCC(CC1)O3)CC(F)(F)C2. The molecule has 2 N–H and O–H groups in total. The fraction of sp³-hybridized carbons (Fsp3) is 0.706. The van der Waals surface area contributed by atoms with Gasteiger partial charge in [0.05, 0.1) is 40.9 Å². The molecular weight excluding hydrogens is 430 g/mol. The number of carbonyl (C=O) groups is 1. The number of rotatable bonds is 4. The Bertz CT molecular complexity index is 734. The summed E-state index contributed by atoms with van der Waals surface area (Å²) >= 11 is 4.47. The second kappa shape index (κ2) is 6.39. The predicted molar refractivity (Wildman–Crippen MR) is 98.3 cm³/mol. The van der Waals surface area contributed by atoms with E-state index in [9.17, 15) is 13.6 Å². The Labute approximate surface area is 162 Å². The van der Waals surface area contributed by atoms with Crippen LogP contribution in [0.1, 0.15) is 40.9 Å². The average Bonchev–Trinajstić information content (AvgIpc) is 3.28. The summed E-state index contributed by atoms with van der Waals surface area (Å²) < 4.78 is 40.2. The zero-order valence-electron chi connectivity index (χ0n) is 14.4. The van der Waals surface area contributed by atoms with Crippen LogP contribution in [0, 0.1) is 0 Å². The van der Waals surface area contributed by atoms with E-state index in [-0.39, 0.29) is 18.7 Å². The van der Waals surface area contributed by atoms with Gasteiger partial charge in [-0.05, 0) is 41.6 Å². The van der Waals surface area contributed by atoms with Gasteiger partial charge in [0.25, 0.3) is 5.92 Å². The van der Waals surface area contributed by atoms with Crippen LogP contribution in [-0.4, -0.2) is 49.8 Å². The Morgan fingerprint density at radius 2 is 2.19 bits per heavy atom. The average molecular weight is 451 g/mol. The van der Waals surface area contributed by atoms with Crippen LogP contribution in [0.2, 0.25) is 0 Å². The Kier molecular flexibility index (Phi) is 4.57. The summed E-state index contributed by atoms with van der Waals surface area (Å²) in [5.74, 6) is -3.40. The summed E-state index contributed by atoms with van der Waals surface area (Å²) in [6, 6.07) is -0.388. The molecule has 0 spiro atoms. The Morgan fingerprint density at radius 1 is 1.50 bits per heavy atom. The third kappa shape index (κ3) is 2.96. The molecule has 9 heteroatoms. The minimum Gasteiger partial charge on any atom is -0.465 e. The first-order valence-corrected chi connectivity index (χ1v) is 10.3. The number of hydrogen-bond acceptors (Lipinski definition) is 6. The van der Waals surface area contributed by atoms with E-state index in [4.69, 9.17) is 15.2 Å². The zero-order valence-corrected chi connectivity index (χ0v) is 16.8. The number of nitrogens with two attached hydrogens (primary N) is 1. The van der Waals surface area contributed by atoms with E-state index < -0.39 is 30.5 Å². The van der Waals surface area contributed by atoms with Gasteiger partial charge in [-0.2, -0.15) is 0 Å². The number of hydrogen-bond donors (Lipinski definition) is 1. The van der Waals surface area contributed by atoms with Gasteiger partial charge in [0.1, 0.15) is 4.88 Å². The Hall–Kier alpha value is -0.770. The molecule has 144 valence electrons. The van der Waals surface area contributed by atoms with Gasteiger partial charge in [-0.25, -0.2) is 13.6 Å². The number of anilines is 1. The number of halogens is 3. The second-order valence-corrected chi connectivity index (χ2v) is 9.76. The smallest absolute Gasteiger partial charge is 0.350 e. The number of fused-ring (bicyclic) bond motifs is 3. The molecule has 0 saturated carbocycles. The number of nitrogens with zero attached hydrogens (tertiary/aromatic N) is 1. The van der Waals surface area contributed by atoms with Crippen LogP contribution in [0.5, 0.6) is 0 Å². The van der Waals surface area contributed by atoms with Gasteiger partial charge in [-0.3, -0.25) is 0 Å². The minimum absolute atomic E-state index is 0.225. The third-order valence-electron chi connectivity index (χ3n) is 5.75. The lowest BCUT2D eigenvalue weighted by molar-refractivity contribution is -0.0121. The van der Waals surface area contributed by atoms with Crippen molar-refractivity contribution < 1.29 is 23.0 Å². The van der Waals surface area contributed by atoms with Crippen LogP contribution < -0.4 is 10.6 Å². The molecule has 1 atom stereocenters. The molecule has 3 aliphatic rings. The summed E-state index contributed by atoms with van der Waals surface area (Å²) in [4.78, 5) is 14.1. The van der Waals surface area contributed by atoms with Gasteiger partial charge in [0.2, 0.25) is 0 Å². The largest absolute Gasteiger partial charge is 0.465 e. The first-order valence-electron chi connectivity index (χ1n) is 8.70. The van der Waals surface area contributed by atoms with Crippen LogP contribution in [0.3, 0.4) is 0 Å². The first kappa shape index (κ1) is 18.6. The molecule has 1 aromatic heterocycles. The fourth-order valence-corrected chi connectivity index (χ4v) is 6.29. The molecule has 0 aromatic carbocycles. The summed E-state index contributed by atoms with van der Waals surface area (Å²) in [6.07, 6.45) is 3.55. The molecule has 2 fully saturated rings. The molecule has 0 radical (unpaired) electrons. The fourth-order valence-electron chi connectivity index (χ4n) is 4.49. The summed E-state index contributed by atoms with van der Waals surface area (Å²) in [5, 5.41) is 0. The lowest BCUT2D eigenvalue weighted by Crippen LogP contribution is -2.55. The molecular formula is C17H21BrF2N2O3S. The monoisotopic (exact) mass is 450 g/mol. The summed E-state index contributed by atoms with van der Waals surface area (Å²) in [5.41, 5.74) is 7.02. The maximum atomic E-state index is 14.4. The van der Waals surface area contributed by atoms with Crippen LogP contribution in [0.4, 0.5) is 14.5 Å². The van der Waals surface area contributed by atoms with Crippen molar-refractivity contribution in [2.75, 3.05) is 25.1 Å². The highest BCUT2D eigenvalue weighted by Crippen LogP contribution is 2.48. The highest BCUT2D eigenvalue weighted by atomic mass is 79.9. The van der Waals surface area contributed by atoms with E-state index in [1.165, 1.54) is 7.11 Å². The van der Waals surface area contributed by atoms with E-state index in [1.54, 1.807) is 4.90 Å². The normalized spacial score (nSPS) is 30.3. The number of ether oxygens (including phenoxy) is 2. The van der Waals surface area contributed by atoms with E-state index >= 15 is 0 Å². The Morgan fingerprint density at radius 3 is 2.77 bits per heavy atom. The van der Waals surface area contributed by atoms with Crippen LogP contribution in [0.15, 0.2) is 3.79 Å². The van der Waals surface area contributed by atoms with Gasteiger partial charge < -0.3 is 20.1 Å². The molecule has 2 bridgehead atoms. The van der Waals surface area contributed by atoms with Crippen LogP contribution in [0.25, 0.3) is 0 Å². The van der Waals surface area contributed by atoms with Crippen molar-refractivity contribution in [2.45, 2.75) is 55.8 Å². The number of carbonyl (C=O) groups excluding carboxylic acids is 1. The van der Waals surface area contributed by atoms with Crippen molar-refractivity contribution in [3.05, 3.63) is 14.2 Å². The molecule has 1 aromatic rings. The highest BCUT2D eigenvalue weighted by Gasteiger charge is 2.51. The number of alkyl halides is 2. The quantitative estimate of drug-likeness (QED) is 0.712. The second-order valence-electron chi connectivity index (χ2n) is 7.43. The molecule has 5 nitrogen and oxygen atoms in total. The van der Waals surface area contributed by atoms with Crippen LogP contribution >= 0.6 is 27.3 Å². The van der Waals surface area contributed by atoms with Gasteiger partial charge in [-0.15, -0.1) is 11.3 Å². The van der Waals surface area contributed by atoms with Crippen molar-refractivity contribution in [1.82, 2.24) is 0 Å². The minimum atomic E-state index is -2.88. The van der Waals surface area contributed by atoms with E-state index in [0.29, 0.717) is 19.9 Å². The molecule has 4 rings (SSSR count). The van der Waals surface area contributed by atoms with Gasteiger partial charge in [0.15, 0.2) is 0 Å². The van der Waals surface area contributed by atoms with Gasteiger partial charge in [-0.1, -0.05) is 0 Å². The molecule has 2 saturated heterocycles. The third-order valence-corrected chi connectivity index (χ3v) is 7.70. The van der Waals surface area contributed by atoms with Crippen LogP contribution in [-0.2, 0) is 15.9 Å². The number of esters is 1. The maximum Gasteiger partial charge on any atom is 0.350 e. The van der Waals surface area contributed by atoms with Gasteiger partial charge >= 0.3 is 5.97 Å². The topological polar surface area (TPSA) is 64.8 Å². The molecule has 3 aliphatic heterocycles. The number of methoxy groups -OCH3 is 1. The predicted octanol–water partition coefficient (Wildman–Crippen LogP) is 3.33.